The second-order valence-electron chi connectivity index (χ2n) is 8.12. The van der Waals surface area contributed by atoms with Crippen molar-refractivity contribution < 1.29 is 4.74 Å². The Kier molecular flexibility index (Phi) is 6.17. The van der Waals surface area contributed by atoms with Crippen molar-refractivity contribution in [3.63, 3.8) is 0 Å². The molecule has 1 aliphatic heterocycles. The van der Waals surface area contributed by atoms with Crippen LogP contribution in [0.2, 0.25) is 15.1 Å². The minimum atomic E-state index is 0.371. The Labute approximate surface area is 202 Å². The molecule has 0 amide bonds. The highest BCUT2D eigenvalue weighted by Gasteiger charge is 2.29. The molecule has 5 nitrogen and oxygen atoms in total. The van der Waals surface area contributed by atoms with Crippen LogP contribution >= 0.6 is 34.8 Å². The first-order valence-electron chi connectivity index (χ1n) is 10.7. The van der Waals surface area contributed by atoms with E-state index >= 15 is 0 Å². The first kappa shape index (κ1) is 21.8. The highest BCUT2D eigenvalue weighted by atomic mass is 35.5. The number of aromatic nitrogens is 2. The fraction of sp³-hybridized carbons (Fsp3) is 0.333. The predicted molar refractivity (Wildman–Crippen MR) is 131 cm³/mol. The van der Waals surface area contributed by atoms with Gasteiger partial charge < -0.3 is 9.64 Å². The zero-order valence-electron chi connectivity index (χ0n) is 17.7. The monoisotopic (exact) mass is 488 g/mol. The number of ether oxygens (including phenoxy) is 1. The Balaban J connectivity index is 1.70. The fourth-order valence-corrected chi connectivity index (χ4v) is 4.54. The molecule has 1 aliphatic carbocycles. The van der Waals surface area contributed by atoms with Crippen LogP contribution in [-0.2, 0) is 4.74 Å². The van der Waals surface area contributed by atoms with Crippen molar-refractivity contribution in [2.45, 2.75) is 25.8 Å². The third kappa shape index (κ3) is 4.40. The topological polar surface area (TPSA) is 42.6 Å². The summed E-state index contributed by atoms with van der Waals surface area (Å²) in [6, 6.07) is 13.6. The molecule has 2 aromatic carbocycles. The summed E-state index contributed by atoms with van der Waals surface area (Å²) in [5.74, 6) is 0.937. The van der Waals surface area contributed by atoms with Crippen LogP contribution in [-0.4, -0.2) is 52.9 Å². The zero-order chi connectivity index (χ0) is 22.2. The maximum absolute atomic E-state index is 6.61. The normalized spacial score (nSPS) is 17.1. The molecule has 166 valence electrons. The van der Waals surface area contributed by atoms with Gasteiger partial charge in [-0.25, -0.2) is 4.68 Å². The second kappa shape index (κ2) is 9.06. The molecule has 1 aromatic heterocycles. The number of hydrogen-bond donors (Lipinski definition) is 0. The van der Waals surface area contributed by atoms with Gasteiger partial charge in [-0.1, -0.05) is 46.9 Å². The van der Waals surface area contributed by atoms with E-state index in [1.807, 2.05) is 41.1 Å². The van der Waals surface area contributed by atoms with E-state index in [-0.39, 0.29) is 0 Å². The lowest BCUT2D eigenvalue weighted by Crippen LogP contribution is -2.42. The Morgan fingerprint density at radius 2 is 1.69 bits per heavy atom. The highest BCUT2D eigenvalue weighted by Crippen LogP contribution is 2.34. The Morgan fingerprint density at radius 1 is 1.00 bits per heavy atom. The number of morpholine rings is 1. The van der Waals surface area contributed by atoms with Crippen LogP contribution < -0.4 is 0 Å². The van der Waals surface area contributed by atoms with Crippen molar-refractivity contribution in [1.29, 1.82) is 0 Å². The molecule has 2 heterocycles. The minimum absolute atomic E-state index is 0.371. The molecule has 0 spiro atoms. The summed E-state index contributed by atoms with van der Waals surface area (Å²) in [5, 5.41) is 6.87. The number of benzene rings is 2. The maximum Gasteiger partial charge on any atom is 0.152 e. The van der Waals surface area contributed by atoms with Crippen molar-refractivity contribution in [2.24, 2.45) is 4.99 Å². The van der Waals surface area contributed by atoms with Crippen molar-refractivity contribution in [1.82, 2.24) is 14.7 Å². The largest absolute Gasteiger partial charge is 0.378 e. The molecule has 2 fully saturated rings. The molecule has 5 rings (SSSR count). The van der Waals surface area contributed by atoms with E-state index in [0.717, 1.165) is 60.0 Å². The van der Waals surface area contributed by atoms with E-state index in [9.17, 15) is 0 Å². The number of amidine groups is 1. The lowest BCUT2D eigenvalue weighted by atomic mass is 10.1. The van der Waals surface area contributed by atoms with E-state index in [0.29, 0.717) is 34.3 Å². The Morgan fingerprint density at radius 3 is 2.34 bits per heavy atom. The molecule has 2 aliphatic rings. The van der Waals surface area contributed by atoms with Gasteiger partial charge in [0.05, 0.1) is 35.7 Å². The quantitative estimate of drug-likeness (QED) is 0.331. The van der Waals surface area contributed by atoms with Crippen LogP contribution in [0.15, 0.2) is 47.5 Å². The molecule has 0 bridgehead atoms. The summed E-state index contributed by atoms with van der Waals surface area (Å²) in [5.41, 5.74) is 4.64. The first-order valence-corrected chi connectivity index (χ1v) is 11.9. The molecule has 0 unspecified atom stereocenters. The van der Waals surface area contributed by atoms with Gasteiger partial charge in [-0.05, 0) is 50.1 Å². The van der Waals surface area contributed by atoms with Gasteiger partial charge >= 0.3 is 0 Å². The standard InChI is InChI=1S/C24H23Cl3N4O/c1-15-22(24(28-19-7-8-19)30-10-12-32-13-11-30)29-31(21-9-6-18(26)14-20(21)27)23(15)16-2-4-17(25)5-3-16/h2-6,9,14,19H,7-8,10-13H2,1H3. The van der Waals surface area contributed by atoms with Gasteiger partial charge in [-0.3, -0.25) is 4.99 Å². The number of aliphatic imine (C=N–C) groups is 1. The molecular formula is C24H23Cl3N4O. The molecule has 8 heteroatoms. The molecule has 0 radical (unpaired) electrons. The van der Waals surface area contributed by atoms with Gasteiger partial charge in [0.25, 0.3) is 0 Å². The SMILES string of the molecule is Cc1c(C(=NC2CC2)N2CCOCC2)nn(-c2ccc(Cl)cc2Cl)c1-c1ccc(Cl)cc1. The van der Waals surface area contributed by atoms with Crippen LogP contribution in [0.4, 0.5) is 0 Å². The lowest BCUT2D eigenvalue weighted by molar-refractivity contribution is 0.0680. The van der Waals surface area contributed by atoms with Gasteiger partial charge in [-0.15, -0.1) is 0 Å². The van der Waals surface area contributed by atoms with Crippen molar-refractivity contribution in [3.8, 4) is 16.9 Å². The van der Waals surface area contributed by atoms with Crippen LogP contribution in [0.25, 0.3) is 16.9 Å². The van der Waals surface area contributed by atoms with Crippen LogP contribution in [0.1, 0.15) is 24.1 Å². The van der Waals surface area contributed by atoms with Gasteiger partial charge in [0.15, 0.2) is 5.84 Å². The van der Waals surface area contributed by atoms with Gasteiger partial charge in [0.2, 0.25) is 0 Å². The predicted octanol–water partition coefficient (Wildman–Crippen LogP) is 6.05. The van der Waals surface area contributed by atoms with Crippen molar-refractivity contribution in [2.75, 3.05) is 26.3 Å². The minimum Gasteiger partial charge on any atom is -0.378 e. The second-order valence-corrected chi connectivity index (χ2v) is 9.40. The Bertz CT molecular complexity index is 1160. The van der Waals surface area contributed by atoms with Gasteiger partial charge in [0, 0.05) is 34.3 Å². The van der Waals surface area contributed by atoms with E-state index in [1.165, 1.54) is 0 Å². The molecule has 3 aromatic rings. The third-order valence-electron chi connectivity index (χ3n) is 5.75. The van der Waals surface area contributed by atoms with E-state index in [1.54, 1.807) is 6.07 Å². The summed E-state index contributed by atoms with van der Waals surface area (Å²) < 4.78 is 7.48. The molecule has 0 atom stereocenters. The molecule has 0 N–H and O–H groups in total. The molecule has 1 saturated carbocycles. The van der Waals surface area contributed by atoms with Gasteiger partial charge in [0.1, 0.15) is 5.69 Å². The van der Waals surface area contributed by atoms with Crippen molar-refractivity contribution >= 4 is 40.6 Å². The molecular weight excluding hydrogens is 467 g/mol. The average Bonchev–Trinajstić information content (AvgIpc) is 3.55. The van der Waals surface area contributed by atoms with E-state index in [4.69, 9.17) is 49.6 Å². The summed E-state index contributed by atoms with van der Waals surface area (Å²) in [4.78, 5) is 7.36. The smallest absolute Gasteiger partial charge is 0.152 e. The fourth-order valence-electron chi connectivity index (χ4n) is 3.93. The molecule has 1 saturated heterocycles. The third-order valence-corrected chi connectivity index (χ3v) is 6.54. The van der Waals surface area contributed by atoms with Crippen LogP contribution in [0.3, 0.4) is 0 Å². The summed E-state index contributed by atoms with van der Waals surface area (Å²) >= 11 is 18.9. The van der Waals surface area contributed by atoms with Gasteiger partial charge in [-0.2, -0.15) is 5.10 Å². The van der Waals surface area contributed by atoms with Crippen molar-refractivity contribution in [3.05, 3.63) is 68.8 Å². The lowest BCUT2D eigenvalue weighted by Gasteiger charge is -2.29. The highest BCUT2D eigenvalue weighted by molar-refractivity contribution is 6.35. The summed E-state index contributed by atoms with van der Waals surface area (Å²) in [6.45, 7) is 5.08. The zero-order valence-corrected chi connectivity index (χ0v) is 20.0. The van der Waals surface area contributed by atoms with E-state index in [2.05, 4.69) is 11.8 Å². The van der Waals surface area contributed by atoms with Crippen LogP contribution in [0.5, 0.6) is 0 Å². The number of halogens is 3. The maximum atomic E-state index is 6.61. The first-order chi connectivity index (χ1) is 15.5. The summed E-state index contributed by atoms with van der Waals surface area (Å²) in [6.07, 6.45) is 2.25. The Hall–Kier alpha value is -2.05. The molecule has 32 heavy (non-hydrogen) atoms. The average molecular weight is 490 g/mol. The van der Waals surface area contributed by atoms with Crippen LogP contribution in [0, 0.1) is 6.92 Å². The number of hydrogen-bond acceptors (Lipinski definition) is 3. The number of nitrogens with zero attached hydrogens (tertiary/aromatic N) is 4. The number of rotatable bonds is 4. The van der Waals surface area contributed by atoms with E-state index < -0.39 is 0 Å². The summed E-state index contributed by atoms with van der Waals surface area (Å²) in [7, 11) is 0.